The van der Waals surface area contributed by atoms with Gasteiger partial charge in [0.05, 0.1) is 5.57 Å². The molecule has 4 heteroatoms. The molecule has 0 aromatic carbocycles. The second-order valence-corrected chi connectivity index (χ2v) is 3.61. The Labute approximate surface area is 60.6 Å². The molecule has 0 aromatic heterocycles. The van der Waals surface area contributed by atoms with Gasteiger partial charge >= 0.3 is 0 Å². The maximum atomic E-state index is 8.34. The van der Waals surface area contributed by atoms with Crippen LogP contribution >= 0.6 is 0 Å². The van der Waals surface area contributed by atoms with Gasteiger partial charge in [-0.05, 0) is 32.3 Å². The van der Waals surface area contributed by atoms with Crippen LogP contribution in [0.15, 0.2) is 23.3 Å². The van der Waals surface area contributed by atoms with Crippen molar-refractivity contribution >= 4 is 20.8 Å². The lowest BCUT2D eigenvalue weighted by Gasteiger charge is -2.02. The number of allylic oxidation sites excluding steroid dienone is 2. The van der Waals surface area contributed by atoms with E-state index in [1.54, 1.807) is 17.7 Å². The van der Waals surface area contributed by atoms with Crippen molar-refractivity contribution in [2.45, 2.75) is 0 Å². The van der Waals surface area contributed by atoms with E-state index in [4.69, 9.17) is 16.4 Å². The largest absolute Gasteiger partial charge is 0.329 e. The summed E-state index contributed by atoms with van der Waals surface area (Å²) in [5, 5.41) is 10.1. The van der Waals surface area contributed by atoms with Gasteiger partial charge in [-0.2, -0.15) is 5.26 Å². The summed E-state index contributed by atoms with van der Waals surface area (Å²) in [6.45, 7) is 0. The molecule has 1 aliphatic rings. The number of hydrogen-bond acceptors (Lipinski definition) is 2. The molecule has 0 spiro atoms. The molecule has 0 fully saturated rings. The highest BCUT2D eigenvalue weighted by atomic mass is 32.8. The van der Waals surface area contributed by atoms with Crippen molar-refractivity contribution in [1.82, 2.24) is 4.72 Å². The second-order valence-electron chi connectivity index (χ2n) is 1.43. The minimum atomic E-state index is -0.287. The average molecular weight is 156 g/mol. The monoisotopic (exact) mass is 156 g/mol. The minimum absolute atomic E-state index is 0.287. The molecule has 0 radical (unpaired) electrons. The Morgan fingerprint density at radius 3 is 3.00 bits per heavy atom. The molecule has 0 aliphatic carbocycles. The van der Waals surface area contributed by atoms with E-state index < -0.39 is 0 Å². The summed E-state index contributed by atoms with van der Waals surface area (Å²) in [6, 6.07) is 1.99. The van der Waals surface area contributed by atoms with Crippen LogP contribution in [0.1, 0.15) is 0 Å². The first-order valence-electron chi connectivity index (χ1n) is 2.28. The molecule has 1 atom stereocenters. The highest BCUT2D eigenvalue weighted by Crippen LogP contribution is 1.99. The SMILES string of the molecule is N#CC1=CNS(=S)C=C1. The van der Waals surface area contributed by atoms with Crippen LogP contribution in [0.4, 0.5) is 0 Å². The highest BCUT2D eigenvalue weighted by Gasteiger charge is 1.94. The summed E-state index contributed by atoms with van der Waals surface area (Å²) in [6.07, 6.45) is 3.36. The maximum Gasteiger partial charge on any atom is 0.101 e. The van der Waals surface area contributed by atoms with Crippen LogP contribution in [0.5, 0.6) is 0 Å². The fraction of sp³-hybridized carbons (Fsp3) is 0. The van der Waals surface area contributed by atoms with Crippen LogP contribution in [0, 0.1) is 11.3 Å². The number of nitriles is 1. The Bertz CT molecular complexity index is 234. The molecule has 0 amide bonds. The van der Waals surface area contributed by atoms with Crippen molar-refractivity contribution < 1.29 is 0 Å². The van der Waals surface area contributed by atoms with Crippen molar-refractivity contribution in [2.24, 2.45) is 0 Å². The molecule has 9 heavy (non-hydrogen) atoms. The summed E-state index contributed by atoms with van der Waals surface area (Å²) in [5.41, 5.74) is 0.628. The van der Waals surface area contributed by atoms with Gasteiger partial charge in [0.1, 0.15) is 6.07 Å². The van der Waals surface area contributed by atoms with Gasteiger partial charge in [-0.1, -0.05) is 0 Å². The molecule has 1 heterocycles. The van der Waals surface area contributed by atoms with E-state index in [9.17, 15) is 0 Å². The molecule has 1 rings (SSSR count). The van der Waals surface area contributed by atoms with E-state index in [1.165, 1.54) is 0 Å². The predicted octanol–water partition coefficient (Wildman–Crippen LogP) is 0.506. The zero-order valence-electron chi connectivity index (χ0n) is 4.50. The average Bonchev–Trinajstić information content (AvgIpc) is 1.90. The summed E-state index contributed by atoms with van der Waals surface area (Å²) in [5.74, 6) is 0. The van der Waals surface area contributed by atoms with E-state index in [1.807, 2.05) is 6.07 Å². The zero-order chi connectivity index (χ0) is 6.69. The van der Waals surface area contributed by atoms with Gasteiger partial charge in [0.2, 0.25) is 0 Å². The Balaban J connectivity index is 2.77. The van der Waals surface area contributed by atoms with Gasteiger partial charge in [-0.3, -0.25) is 0 Å². The lowest BCUT2D eigenvalue weighted by atomic mass is 10.3. The first kappa shape index (κ1) is 6.46. The summed E-state index contributed by atoms with van der Waals surface area (Å²) in [4.78, 5) is 0. The van der Waals surface area contributed by atoms with Crippen LogP contribution in [0.3, 0.4) is 0 Å². The fourth-order valence-corrected chi connectivity index (χ4v) is 1.32. The van der Waals surface area contributed by atoms with Crippen LogP contribution < -0.4 is 4.72 Å². The van der Waals surface area contributed by atoms with Gasteiger partial charge in [0.15, 0.2) is 0 Å². The topological polar surface area (TPSA) is 35.8 Å². The van der Waals surface area contributed by atoms with Gasteiger partial charge in [0, 0.05) is 6.20 Å². The maximum absolute atomic E-state index is 8.34. The molecule has 1 N–H and O–H groups in total. The van der Waals surface area contributed by atoms with Crippen LogP contribution in [0.25, 0.3) is 0 Å². The third-order valence-electron chi connectivity index (χ3n) is 0.831. The molecule has 1 unspecified atom stereocenters. The molecule has 1 aliphatic heterocycles. The minimum Gasteiger partial charge on any atom is -0.329 e. The fourth-order valence-electron chi connectivity index (χ4n) is 0.414. The molecular weight excluding hydrogens is 152 g/mol. The number of nitrogens with zero attached hydrogens (tertiary/aromatic N) is 1. The first-order valence-corrected chi connectivity index (χ1v) is 4.49. The van der Waals surface area contributed by atoms with E-state index in [0.717, 1.165) is 0 Å². The van der Waals surface area contributed by atoms with Crippen LogP contribution in [-0.2, 0) is 20.8 Å². The standard InChI is InChI=1S/C5H4N2S2/c6-3-5-1-2-9(8)7-4-5/h1-2,4,7H. The number of hydrogen-bond donors (Lipinski definition) is 1. The molecule has 0 saturated carbocycles. The highest BCUT2D eigenvalue weighted by molar-refractivity contribution is 8.29. The normalized spacial score (nSPS) is 23.9. The van der Waals surface area contributed by atoms with E-state index in [-0.39, 0.29) is 9.64 Å². The summed E-state index contributed by atoms with van der Waals surface area (Å²) in [7, 11) is -0.287. The molecule has 2 nitrogen and oxygen atoms in total. The molecule has 46 valence electrons. The van der Waals surface area contributed by atoms with Gasteiger partial charge in [0.25, 0.3) is 0 Å². The molecule has 0 bridgehead atoms. The van der Waals surface area contributed by atoms with Gasteiger partial charge in [-0.25, -0.2) is 0 Å². The van der Waals surface area contributed by atoms with E-state index in [2.05, 4.69) is 4.72 Å². The predicted molar refractivity (Wildman–Crippen MR) is 40.7 cm³/mol. The van der Waals surface area contributed by atoms with Crippen LogP contribution in [-0.4, -0.2) is 0 Å². The Morgan fingerprint density at radius 1 is 1.78 bits per heavy atom. The molecule has 0 aromatic rings. The second kappa shape index (κ2) is 2.76. The Hall–Kier alpha value is -0.660. The Morgan fingerprint density at radius 2 is 2.56 bits per heavy atom. The lowest BCUT2D eigenvalue weighted by Crippen LogP contribution is -2.09. The van der Waals surface area contributed by atoms with Gasteiger partial charge in [-0.15, -0.1) is 0 Å². The van der Waals surface area contributed by atoms with Gasteiger partial charge < -0.3 is 4.72 Å². The quantitative estimate of drug-likeness (QED) is 0.555. The van der Waals surface area contributed by atoms with Crippen molar-refractivity contribution in [2.75, 3.05) is 0 Å². The summed E-state index contributed by atoms with van der Waals surface area (Å²) < 4.78 is 2.85. The van der Waals surface area contributed by atoms with E-state index >= 15 is 0 Å². The van der Waals surface area contributed by atoms with Crippen molar-refractivity contribution in [3.05, 3.63) is 23.3 Å². The van der Waals surface area contributed by atoms with Crippen molar-refractivity contribution in [3.63, 3.8) is 0 Å². The van der Waals surface area contributed by atoms with Crippen molar-refractivity contribution in [1.29, 1.82) is 5.26 Å². The third-order valence-corrected chi connectivity index (χ3v) is 2.19. The zero-order valence-corrected chi connectivity index (χ0v) is 6.13. The lowest BCUT2D eigenvalue weighted by molar-refractivity contribution is 1.36. The van der Waals surface area contributed by atoms with E-state index in [0.29, 0.717) is 5.57 Å². The summed E-state index contributed by atoms with van der Waals surface area (Å²) >= 11 is 4.87. The van der Waals surface area contributed by atoms with Crippen LogP contribution in [0.2, 0.25) is 0 Å². The third kappa shape index (κ3) is 1.63. The first-order chi connectivity index (χ1) is 4.33. The number of nitrogens with one attached hydrogen (secondary N) is 1. The smallest absolute Gasteiger partial charge is 0.101 e. The molecular formula is C5H4N2S2. The van der Waals surface area contributed by atoms with Crippen molar-refractivity contribution in [3.8, 4) is 6.07 Å². The Kier molecular flexibility index (Phi) is 1.98. The number of rotatable bonds is 0. The molecule has 0 saturated heterocycles.